The van der Waals surface area contributed by atoms with Gasteiger partial charge in [0.1, 0.15) is 5.82 Å². The maximum absolute atomic E-state index is 13.7. The standard InChI is InChI=1S/C15H18FNO/c16-14-4-2-1-3-13(14)15(18)12-6-10-5-11(7-12)9-17-8-10/h1-4,10-12,17H,5-9H2. The van der Waals surface area contributed by atoms with E-state index in [-0.39, 0.29) is 23.1 Å². The molecule has 2 bridgehead atoms. The van der Waals surface area contributed by atoms with E-state index in [0.717, 1.165) is 25.9 Å². The van der Waals surface area contributed by atoms with Crippen LogP contribution in [0.3, 0.4) is 0 Å². The molecule has 96 valence electrons. The summed E-state index contributed by atoms with van der Waals surface area (Å²) in [5.74, 6) is 0.838. The summed E-state index contributed by atoms with van der Waals surface area (Å²) in [7, 11) is 0. The molecule has 2 fully saturated rings. The van der Waals surface area contributed by atoms with Gasteiger partial charge >= 0.3 is 0 Å². The van der Waals surface area contributed by atoms with Gasteiger partial charge in [0.05, 0.1) is 5.56 Å². The Morgan fingerprint density at radius 3 is 2.44 bits per heavy atom. The van der Waals surface area contributed by atoms with Gasteiger partial charge in [0, 0.05) is 5.92 Å². The van der Waals surface area contributed by atoms with E-state index in [1.165, 1.54) is 12.5 Å². The van der Waals surface area contributed by atoms with Crippen molar-refractivity contribution in [3.63, 3.8) is 0 Å². The Kier molecular flexibility index (Phi) is 3.16. The van der Waals surface area contributed by atoms with E-state index in [4.69, 9.17) is 0 Å². The number of hydrogen-bond donors (Lipinski definition) is 1. The summed E-state index contributed by atoms with van der Waals surface area (Å²) in [5.41, 5.74) is 0.274. The monoisotopic (exact) mass is 247 g/mol. The van der Waals surface area contributed by atoms with E-state index in [9.17, 15) is 9.18 Å². The predicted octanol–water partition coefficient (Wildman–Crippen LogP) is 2.64. The molecule has 2 unspecified atom stereocenters. The summed E-state index contributed by atoms with van der Waals surface area (Å²) in [6, 6.07) is 6.35. The second kappa shape index (κ2) is 4.81. The summed E-state index contributed by atoms with van der Waals surface area (Å²) < 4.78 is 13.7. The highest BCUT2D eigenvalue weighted by Gasteiger charge is 2.35. The highest BCUT2D eigenvalue weighted by atomic mass is 19.1. The molecule has 3 rings (SSSR count). The van der Waals surface area contributed by atoms with Gasteiger partial charge in [-0.15, -0.1) is 0 Å². The summed E-state index contributed by atoms with van der Waals surface area (Å²) in [6.07, 6.45) is 3.06. The minimum atomic E-state index is -0.378. The zero-order valence-electron chi connectivity index (χ0n) is 10.4. The number of nitrogens with one attached hydrogen (secondary N) is 1. The molecule has 0 aromatic heterocycles. The maximum Gasteiger partial charge on any atom is 0.168 e. The zero-order valence-corrected chi connectivity index (χ0v) is 10.4. The molecule has 1 aromatic carbocycles. The number of piperidine rings is 1. The molecule has 1 aromatic rings. The van der Waals surface area contributed by atoms with Crippen LogP contribution in [0.4, 0.5) is 4.39 Å². The van der Waals surface area contributed by atoms with Gasteiger partial charge in [-0.1, -0.05) is 12.1 Å². The van der Waals surface area contributed by atoms with E-state index in [2.05, 4.69) is 5.32 Å². The summed E-state index contributed by atoms with van der Waals surface area (Å²) in [5, 5.41) is 3.41. The summed E-state index contributed by atoms with van der Waals surface area (Å²) >= 11 is 0. The van der Waals surface area contributed by atoms with Crippen LogP contribution in [0.25, 0.3) is 0 Å². The molecule has 2 atom stereocenters. The first-order chi connectivity index (χ1) is 8.74. The van der Waals surface area contributed by atoms with Crippen molar-refractivity contribution in [2.24, 2.45) is 17.8 Å². The number of benzene rings is 1. The van der Waals surface area contributed by atoms with Crippen molar-refractivity contribution in [3.05, 3.63) is 35.6 Å². The van der Waals surface area contributed by atoms with Crippen LogP contribution in [-0.4, -0.2) is 18.9 Å². The van der Waals surface area contributed by atoms with Crippen LogP contribution in [0, 0.1) is 23.6 Å². The van der Waals surface area contributed by atoms with Crippen LogP contribution in [0.15, 0.2) is 24.3 Å². The second-order valence-corrected chi connectivity index (χ2v) is 5.64. The van der Waals surface area contributed by atoms with E-state index in [1.807, 2.05) is 0 Å². The number of halogens is 1. The molecule has 1 saturated heterocycles. The molecule has 0 radical (unpaired) electrons. The Morgan fingerprint density at radius 1 is 1.11 bits per heavy atom. The molecule has 1 saturated carbocycles. The van der Waals surface area contributed by atoms with Gasteiger partial charge in [-0.25, -0.2) is 4.39 Å². The molecule has 1 heterocycles. The van der Waals surface area contributed by atoms with Crippen LogP contribution in [0.2, 0.25) is 0 Å². The lowest BCUT2D eigenvalue weighted by atomic mass is 9.71. The first-order valence-electron chi connectivity index (χ1n) is 6.73. The molecule has 2 nitrogen and oxygen atoms in total. The van der Waals surface area contributed by atoms with Gasteiger partial charge < -0.3 is 5.32 Å². The van der Waals surface area contributed by atoms with Crippen molar-refractivity contribution < 1.29 is 9.18 Å². The number of ketones is 1. The average molecular weight is 247 g/mol. The van der Waals surface area contributed by atoms with Gasteiger partial charge in [-0.2, -0.15) is 0 Å². The fraction of sp³-hybridized carbons (Fsp3) is 0.533. The van der Waals surface area contributed by atoms with Crippen molar-refractivity contribution >= 4 is 5.78 Å². The number of rotatable bonds is 2. The van der Waals surface area contributed by atoms with Gasteiger partial charge in [0.15, 0.2) is 5.78 Å². The molecular formula is C15H18FNO. The third kappa shape index (κ3) is 2.19. The third-order valence-corrected chi connectivity index (χ3v) is 4.28. The Morgan fingerprint density at radius 2 is 1.78 bits per heavy atom. The SMILES string of the molecule is O=C(c1ccccc1F)C1CC2CNCC(C2)C1. The number of Topliss-reactive ketones (excluding diaryl/α,β-unsaturated/α-hetero) is 1. The topological polar surface area (TPSA) is 29.1 Å². The Labute approximate surface area is 107 Å². The highest BCUT2D eigenvalue weighted by molar-refractivity contribution is 5.98. The molecule has 1 N–H and O–H groups in total. The summed E-state index contributed by atoms with van der Waals surface area (Å²) in [6.45, 7) is 2.02. The quantitative estimate of drug-likeness (QED) is 0.814. The number of hydrogen-bond acceptors (Lipinski definition) is 2. The fourth-order valence-corrected chi connectivity index (χ4v) is 3.48. The summed E-state index contributed by atoms with van der Waals surface area (Å²) in [4.78, 5) is 12.4. The van der Waals surface area contributed by atoms with Crippen LogP contribution in [0.1, 0.15) is 29.6 Å². The molecule has 0 spiro atoms. The Hall–Kier alpha value is -1.22. The maximum atomic E-state index is 13.7. The lowest BCUT2D eigenvalue weighted by Crippen LogP contribution is -2.43. The number of fused-ring (bicyclic) bond motifs is 2. The minimum absolute atomic E-state index is 0.00435. The van der Waals surface area contributed by atoms with Crippen molar-refractivity contribution in [1.82, 2.24) is 5.32 Å². The molecule has 1 aliphatic carbocycles. The zero-order chi connectivity index (χ0) is 12.5. The minimum Gasteiger partial charge on any atom is -0.316 e. The van der Waals surface area contributed by atoms with Gasteiger partial charge in [-0.3, -0.25) is 4.79 Å². The van der Waals surface area contributed by atoms with Crippen LogP contribution in [-0.2, 0) is 0 Å². The largest absolute Gasteiger partial charge is 0.316 e. The lowest BCUT2D eigenvalue weighted by molar-refractivity contribution is 0.0778. The van der Waals surface area contributed by atoms with Gasteiger partial charge in [0.25, 0.3) is 0 Å². The number of carbonyl (C=O) groups excluding carboxylic acids is 1. The van der Waals surface area contributed by atoms with Gasteiger partial charge in [-0.05, 0) is 56.3 Å². The Bertz CT molecular complexity index is 448. The van der Waals surface area contributed by atoms with E-state index >= 15 is 0 Å². The van der Waals surface area contributed by atoms with Crippen molar-refractivity contribution in [3.8, 4) is 0 Å². The van der Waals surface area contributed by atoms with Crippen molar-refractivity contribution in [2.45, 2.75) is 19.3 Å². The molecule has 0 amide bonds. The van der Waals surface area contributed by atoms with E-state index in [1.54, 1.807) is 18.2 Å². The smallest absolute Gasteiger partial charge is 0.168 e. The number of carbonyl (C=O) groups is 1. The van der Waals surface area contributed by atoms with Crippen LogP contribution in [0.5, 0.6) is 0 Å². The molecule has 3 heteroatoms. The van der Waals surface area contributed by atoms with Crippen LogP contribution >= 0.6 is 0 Å². The normalized spacial score (nSPS) is 31.1. The third-order valence-electron chi connectivity index (χ3n) is 4.28. The Balaban J connectivity index is 1.79. The highest BCUT2D eigenvalue weighted by Crippen LogP contribution is 2.37. The first kappa shape index (κ1) is 11.8. The van der Waals surface area contributed by atoms with Gasteiger partial charge in [0.2, 0.25) is 0 Å². The molecule has 1 aliphatic heterocycles. The fourth-order valence-electron chi connectivity index (χ4n) is 3.48. The average Bonchev–Trinajstić information content (AvgIpc) is 2.38. The molecular weight excluding hydrogens is 229 g/mol. The van der Waals surface area contributed by atoms with Crippen LogP contribution < -0.4 is 5.32 Å². The van der Waals surface area contributed by atoms with E-state index < -0.39 is 0 Å². The first-order valence-corrected chi connectivity index (χ1v) is 6.73. The molecule has 18 heavy (non-hydrogen) atoms. The molecule has 2 aliphatic rings. The van der Waals surface area contributed by atoms with E-state index in [0.29, 0.717) is 11.8 Å². The lowest BCUT2D eigenvalue weighted by Gasteiger charge is -2.38. The predicted molar refractivity (Wildman–Crippen MR) is 67.9 cm³/mol. The van der Waals surface area contributed by atoms with Crippen molar-refractivity contribution in [2.75, 3.05) is 13.1 Å². The van der Waals surface area contributed by atoms with Crippen molar-refractivity contribution in [1.29, 1.82) is 0 Å². The second-order valence-electron chi connectivity index (χ2n) is 5.64.